The Labute approximate surface area is 180 Å². The third-order valence-corrected chi connectivity index (χ3v) is 3.92. The van der Waals surface area contributed by atoms with Gasteiger partial charge in [-0.05, 0) is 5.21 Å². The standard InChI is InChI=1S/C12F21N3/c13-4(14,7(19,20)10(25,26)27)1-2(5(15,16)8(21,22)11(28,29)30)34-36-35-3(1)6(17,18)9(23,24)12(31,32)33. The average molecular weight is 585 g/mol. The molecule has 0 radical (unpaired) electrons. The van der Waals surface area contributed by atoms with Gasteiger partial charge in [0.25, 0.3) is 0 Å². The van der Waals surface area contributed by atoms with Gasteiger partial charge in [-0.2, -0.15) is 92.2 Å². The molecular weight excluding hydrogens is 585 g/mol. The zero-order valence-corrected chi connectivity index (χ0v) is 15.3. The van der Waals surface area contributed by atoms with Crippen LogP contribution in [0.1, 0.15) is 17.0 Å². The number of halogens is 21. The minimum atomic E-state index is -8.10. The van der Waals surface area contributed by atoms with Crippen molar-refractivity contribution in [1.29, 1.82) is 0 Å². The maximum absolute atomic E-state index is 14.1. The number of hydrogen-bond acceptors (Lipinski definition) is 3. The minimum Gasteiger partial charge on any atom is -0.194 e. The molecule has 0 atom stereocenters. The Balaban J connectivity index is 4.41. The molecule has 3 nitrogen and oxygen atoms in total. The van der Waals surface area contributed by atoms with Crippen molar-refractivity contribution in [3.05, 3.63) is 17.0 Å². The van der Waals surface area contributed by atoms with Crippen LogP contribution in [0, 0.1) is 0 Å². The summed E-state index contributed by atoms with van der Waals surface area (Å²) in [5.41, 5.74) is -14.2. The van der Waals surface area contributed by atoms with E-state index in [2.05, 4.69) is 0 Å². The quantitative estimate of drug-likeness (QED) is 0.348. The highest BCUT2D eigenvalue weighted by Crippen LogP contribution is 2.60. The summed E-state index contributed by atoms with van der Waals surface area (Å²) in [5.74, 6) is -47.4. The van der Waals surface area contributed by atoms with Crippen LogP contribution in [0.15, 0.2) is 0 Å². The van der Waals surface area contributed by atoms with Gasteiger partial charge in [0.15, 0.2) is 11.4 Å². The van der Waals surface area contributed by atoms with E-state index in [0.717, 1.165) is 0 Å². The van der Waals surface area contributed by atoms with Crippen LogP contribution in [0.3, 0.4) is 0 Å². The Morgan fingerprint density at radius 1 is 0.333 bits per heavy atom. The highest BCUT2D eigenvalue weighted by atomic mass is 19.4. The molecule has 0 aliphatic rings. The maximum Gasteiger partial charge on any atom is 0.460 e. The Hall–Kier alpha value is -2.46. The van der Waals surface area contributed by atoms with Crippen molar-refractivity contribution in [3.63, 3.8) is 0 Å². The Morgan fingerprint density at radius 3 is 0.778 bits per heavy atom. The fraction of sp³-hybridized carbons (Fsp3) is 0.750. The number of alkyl halides is 21. The zero-order chi connectivity index (χ0) is 29.4. The molecule has 1 aromatic rings. The van der Waals surface area contributed by atoms with Crippen molar-refractivity contribution in [1.82, 2.24) is 15.4 Å². The van der Waals surface area contributed by atoms with Crippen LogP contribution in [-0.2, 0) is 17.8 Å². The third-order valence-electron chi connectivity index (χ3n) is 3.92. The van der Waals surface area contributed by atoms with Crippen molar-refractivity contribution in [2.24, 2.45) is 0 Å². The zero-order valence-electron chi connectivity index (χ0n) is 15.3. The molecule has 1 rings (SSSR count). The molecule has 0 fully saturated rings. The van der Waals surface area contributed by atoms with E-state index in [0.29, 0.717) is 0 Å². The van der Waals surface area contributed by atoms with Crippen LogP contribution >= 0.6 is 0 Å². The van der Waals surface area contributed by atoms with Gasteiger partial charge in [-0.15, -0.1) is 10.2 Å². The third kappa shape index (κ3) is 4.22. The van der Waals surface area contributed by atoms with Crippen molar-refractivity contribution >= 4 is 0 Å². The molecule has 1 aromatic heterocycles. The molecule has 0 aliphatic carbocycles. The van der Waals surface area contributed by atoms with E-state index >= 15 is 0 Å². The Kier molecular flexibility index (Phi) is 7.03. The highest BCUT2D eigenvalue weighted by Gasteiger charge is 2.82. The van der Waals surface area contributed by atoms with E-state index in [1.165, 1.54) is 15.4 Å². The number of rotatable bonds is 6. The van der Waals surface area contributed by atoms with Crippen LogP contribution < -0.4 is 0 Å². The largest absolute Gasteiger partial charge is 0.460 e. The molecule has 0 spiro atoms. The molecule has 0 saturated carbocycles. The van der Waals surface area contributed by atoms with Gasteiger partial charge in [0.1, 0.15) is 0 Å². The number of nitrogens with zero attached hydrogens (tertiary/aromatic N) is 3. The van der Waals surface area contributed by atoms with E-state index in [1.807, 2.05) is 0 Å². The summed E-state index contributed by atoms with van der Waals surface area (Å²) < 4.78 is 274. The molecule has 0 amide bonds. The smallest absolute Gasteiger partial charge is 0.194 e. The summed E-state index contributed by atoms with van der Waals surface area (Å²) in [7, 11) is 0. The van der Waals surface area contributed by atoms with Crippen LogP contribution in [0.25, 0.3) is 0 Å². The minimum absolute atomic E-state index is 1.18. The summed E-state index contributed by atoms with van der Waals surface area (Å²) in [4.78, 5) is 0. The lowest BCUT2D eigenvalue weighted by Gasteiger charge is -2.35. The summed E-state index contributed by atoms with van der Waals surface area (Å²) in [5, 5.41) is 3.66. The summed E-state index contributed by atoms with van der Waals surface area (Å²) in [6.45, 7) is 0. The van der Waals surface area contributed by atoms with Crippen molar-refractivity contribution in [2.75, 3.05) is 0 Å². The first-order valence-electron chi connectivity index (χ1n) is 7.57. The molecule has 0 aliphatic heterocycles. The molecule has 1 heterocycles. The highest BCUT2D eigenvalue weighted by molar-refractivity contribution is 5.38. The van der Waals surface area contributed by atoms with Gasteiger partial charge in [0, 0.05) is 0 Å². The summed E-state index contributed by atoms with van der Waals surface area (Å²) in [6.07, 6.45) is -23.2. The Morgan fingerprint density at radius 2 is 0.556 bits per heavy atom. The first-order valence-corrected chi connectivity index (χ1v) is 7.57. The van der Waals surface area contributed by atoms with Crippen molar-refractivity contribution in [2.45, 2.75) is 54.1 Å². The second-order valence-corrected chi connectivity index (χ2v) is 6.30. The average Bonchev–Trinajstić information content (AvgIpc) is 2.64. The lowest BCUT2D eigenvalue weighted by molar-refractivity contribution is -0.372. The van der Waals surface area contributed by atoms with Gasteiger partial charge in [-0.3, -0.25) is 0 Å². The van der Waals surface area contributed by atoms with E-state index in [4.69, 9.17) is 0 Å². The van der Waals surface area contributed by atoms with Crippen LogP contribution in [0.4, 0.5) is 92.2 Å². The fourth-order valence-corrected chi connectivity index (χ4v) is 2.05. The predicted octanol–water partition coefficient (Wildman–Crippen LogP) is 6.74. The topological polar surface area (TPSA) is 38.7 Å². The number of hydrogen-bond donors (Lipinski definition) is 0. The van der Waals surface area contributed by atoms with Gasteiger partial charge in [0.05, 0.1) is 5.56 Å². The van der Waals surface area contributed by atoms with Gasteiger partial charge in [-0.1, -0.05) is 0 Å². The SMILES string of the molecule is FC(F)(F)C(F)(F)C(F)(F)c1nnnc(C(F)(F)C(F)(F)C(F)(F)F)c1C(F)(F)C(F)(F)C(F)(F)F. The summed E-state index contributed by atoms with van der Waals surface area (Å²) in [6, 6.07) is 0. The first-order chi connectivity index (χ1) is 15.3. The van der Waals surface area contributed by atoms with Gasteiger partial charge in [0.2, 0.25) is 0 Å². The van der Waals surface area contributed by atoms with Gasteiger partial charge < -0.3 is 0 Å². The number of aromatic nitrogens is 3. The van der Waals surface area contributed by atoms with Crippen molar-refractivity contribution < 1.29 is 92.2 Å². The molecule has 0 aromatic carbocycles. The normalized spacial score (nSPS) is 15.9. The second-order valence-electron chi connectivity index (χ2n) is 6.30. The van der Waals surface area contributed by atoms with E-state index < -0.39 is 71.0 Å². The van der Waals surface area contributed by atoms with Gasteiger partial charge >= 0.3 is 54.1 Å². The lowest BCUT2D eigenvalue weighted by Crippen LogP contribution is -2.56. The first kappa shape index (κ1) is 31.6. The molecule has 0 bridgehead atoms. The van der Waals surface area contributed by atoms with Crippen LogP contribution in [-0.4, -0.2) is 51.7 Å². The Bertz CT molecular complexity index is 912. The molecule has 36 heavy (non-hydrogen) atoms. The summed E-state index contributed by atoms with van der Waals surface area (Å²) >= 11 is 0. The van der Waals surface area contributed by atoms with Gasteiger partial charge in [-0.25, -0.2) is 0 Å². The van der Waals surface area contributed by atoms with E-state index in [1.54, 1.807) is 0 Å². The molecule has 24 heteroatoms. The maximum atomic E-state index is 14.1. The monoisotopic (exact) mass is 585 g/mol. The predicted molar refractivity (Wildman–Crippen MR) is 64.5 cm³/mol. The van der Waals surface area contributed by atoms with Crippen LogP contribution in [0.2, 0.25) is 0 Å². The lowest BCUT2D eigenvalue weighted by atomic mass is 9.90. The fourth-order valence-electron chi connectivity index (χ4n) is 2.05. The molecule has 210 valence electrons. The van der Waals surface area contributed by atoms with E-state index in [9.17, 15) is 92.2 Å². The molecule has 0 saturated heterocycles. The van der Waals surface area contributed by atoms with E-state index in [-0.39, 0.29) is 0 Å². The van der Waals surface area contributed by atoms with Crippen molar-refractivity contribution in [3.8, 4) is 0 Å². The van der Waals surface area contributed by atoms with Crippen LogP contribution in [0.5, 0.6) is 0 Å². The second kappa shape index (κ2) is 8.02. The molecular formula is C12F21N3. The molecule has 0 unspecified atom stereocenters. The molecule has 0 N–H and O–H groups in total.